The summed E-state index contributed by atoms with van der Waals surface area (Å²) in [6.45, 7) is 1.33. The van der Waals surface area contributed by atoms with Crippen molar-refractivity contribution in [1.29, 1.82) is 0 Å². The smallest absolute Gasteiger partial charge is 0.318 e. The molecular formula is C26H26ClN3O6S2. The van der Waals surface area contributed by atoms with Gasteiger partial charge in [0.05, 0.1) is 22.9 Å². The third kappa shape index (κ3) is 6.73. The summed E-state index contributed by atoms with van der Waals surface area (Å²) in [5.41, 5.74) is 1.73. The van der Waals surface area contributed by atoms with E-state index in [-0.39, 0.29) is 6.54 Å². The largest absolute Gasteiger partial charge is 0.493 e. The van der Waals surface area contributed by atoms with Crippen LogP contribution in [-0.4, -0.2) is 49.0 Å². The van der Waals surface area contributed by atoms with Crippen LogP contribution in [0.15, 0.2) is 70.5 Å². The van der Waals surface area contributed by atoms with E-state index in [4.69, 9.17) is 20.8 Å². The fourth-order valence-electron chi connectivity index (χ4n) is 3.70. The van der Waals surface area contributed by atoms with Crippen molar-refractivity contribution < 1.29 is 27.5 Å². The first-order chi connectivity index (χ1) is 18.1. The third-order valence-electron chi connectivity index (χ3n) is 5.66. The summed E-state index contributed by atoms with van der Waals surface area (Å²) in [5.74, 6) is 0.569. The van der Waals surface area contributed by atoms with Crippen molar-refractivity contribution in [1.82, 2.24) is 9.29 Å². The summed E-state index contributed by atoms with van der Waals surface area (Å²) >= 11 is 7.46. The lowest BCUT2D eigenvalue weighted by Crippen LogP contribution is -2.44. The number of benzene rings is 2. The average Bonchev–Trinajstić information content (AvgIpc) is 3.54. The molecule has 12 heteroatoms. The lowest BCUT2D eigenvalue weighted by Gasteiger charge is -2.28. The van der Waals surface area contributed by atoms with Crippen molar-refractivity contribution in [2.75, 3.05) is 24.5 Å². The zero-order valence-electron chi connectivity index (χ0n) is 20.7. The lowest BCUT2D eigenvalue weighted by atomic mass is 10.2. The minimum atomic E-state index is -4.16. The highest BCUT2D eigenvalue weighted by Crippen LogP contribution is 2.27. The number of ether oxygens (including phenoxy) is 1. The number of rotatable bonds is 12. The van der Waals surface area contributed by atoms with Crippen LogP contribution < -0.4 is 9.04 Å². The van der Waals surface area contributed by atoms with Crippen LogP contribution in [0.25, 0.3) is 10.8 Å². The van der Waals surface area contributed by atoms with Crippen LogP contribution in [0.3, 0.4) is 0 Å². The summed E-state index contributed by atoms with van der Waals surface area (Å²) < 4.78 is 40.2. The standard InChI is InChI=1S/C26H26ClN3O6S2/c1-18-23(28-26(36-18)24-7-4-14-37-24)12-13-35-22-6-3-5-19(15-22)16-30(17-25(31)32)38(33,34)29(2)21-10-8-20(27)9-11-21/h3-11,14-15H,12-13,16-17H2,1-2H3,(H,31,32). The first-order valence-electron chi connectivity index (χ1n) is 11.6. The molecule has 0 amide bonds. The molecule has 0 radical (unpaired) electrons. The summed E-state index contributed by atoms with van der Waals surface area (Å²) in [4.78, 5) is 17.0. The van der Waals surface area contributed by atoms with Crippen LogP contribution in [0, 0.1) is 6.92 Å². The highest BCUT2D eigenvalue weighted by Gasteiger charge is 2.29. The molecule has 0 spiro atoms. The predicted octanol–water partition coefficient (Wildman–Crippen LogP) is 5.25. The van der Waals surface area contributed by atoms with Gasteiger partial charge < -0.3 is 14.3 Å². The van der Waals surface area contributed by atoms with E-state index in [1.165, 1.54) is 7.05 Å². The quantitative estimate of drug-likeness (QED) is 0.245. The van der Waals surface area contributed by atoms with Crippen LogP contribution in [-0.2, 0) is 28.0 Å². The Morgan fingerprint density at radius 3 is 2.61 bits per heavy atom. The first kappa shape index (κ1) is 27.6. The van der Waals surface area contributed by atoms with Crippen LogP contribution in [0.2, 0.25) is 5.02 Å². The fraction of sp³-hybridized carbons (Fsp3) is 0.231. The maximum atomic E-state index is 13.3. The number of aliphatic carboxylic acids is 1. The molecule has 0 aliphatic rings. The Kier molecular flexibility index (Phi) is 8.72. The number of carboxylic acid groups (broad SMARTS) is 1. The molecule has 0 unspecified atom stereocenters. The Hall–Kier alpha value is -3.38. The van der Waals surface area contributed by atoms with E-state index in [1.54, 1.807) is 59.9 Å². The molecule has 4 rings (SSSR count). The Labute approximate surface area is 230 Å². The van der Waals surface area contributed by atoms with E-state index in [1.807, 2.05) is 24.4 Å². The molecule has 0 aliphatic carbocycles. The number of thiophene rings is 1. The van der Waals surface area contributed by atoms with E-state index in [0.717, 1.165) is 24.9 Å². The van der Waals surface area contributed by atoms with Gasteiger partial charge in [-0.3, -0.25) is 9.10 Å². The van der Waals surface area contributed by atoms with Crippen molar-refractivity contribution in [2.45, 2.75) is 19.9 Å². The molecule has 0 fully saturated rings. The minimum Gasteiger partial charge on any atom is -0.493 e. The van der Waals surface area contributed by atoms with Gasteiger partial charge in [-0.2, -0.15) is 12.7 Å². The van der Waals surface area contributed by atoms with E-state index in [0.29, 0.717) is 40.9 Å². The second-order valence-electron chi connectivity index (χ2n) is 8.36. The Morgan fingerprint density at radius 1 is 1.16 bits per heavy atom. The zero-order chi connectivity index (χ0) is 27.3. The van der Waals surface area contributed by atoms with Gasteiger partial charge in [-0.25, -0.2) is 4.98 Å². The third-order valence-corrected chi connectivity index (χ3v) is 8.59. The summed E-state index contributed by atoms with van der Waals surface area (Å²) in [6, 6.07) is 17.0. The minimum absolute atomic E-state index is 0.156. The van der Waals surface area contributed by atoms with Gasteiger partial charge in [-0.15, -0.1) is 11.3 Å². The molecule has 200 valence electrons. The summed E-state index contributed by atoms with van der Waals surface area (Å²) in [6.07, 6.45) is 0.524. The van der Waals surface area contributed by atoms with E-state index < -0.39 is 22.7 Å². The van der Waals surface area contributed by atoms with Crippen LogP contribution in [0.4, 0.5) is 5.69 Å². The maximum absolute atomic E-state index is 13.3. The monoisotopic (exact) mass is 575 g/mol. The number of oxazole rings is 1. The number of nitrogens with zero attached hydrogens (tertiary/aromatic N) is 3. The molecule has 2 aromatic carbocycles. The van der Waals surface area contributed by atoms with Gasteiger partial charge in [-0.05, 0) is 60.3 Å². The van der Waals surface area contributed by atoms with Gasteiger partial charge in [0, 0.05) is 25.0 Å². The highest BCUT2D eigenvalue weighted by atomic mass is 35.5. The molecule has 38 heavy (non-hydrogen) atoms. The molecule has 0 atom stereocenters. The molecular weight excluding hydrogens is 550 g/mol. The summed E-state index contributed by atoms with van der Waals surface area (Å²) in [7, 11) is -2.80. The molecule has 0 bridgehead atoms. The number of hydrogen-bond acceptors (Lipinski definition) is 7. The number of aromatic nitrogens is 1. The lowest BCUT2D eigenvalue weighted by molar-refractivity contribution is -0.137. The maximum Gasteiger partial charge on any atom is 0.318 e. The molecule has 0 saturated carbocycles. The second kappa shape index (κ2) is 12.0. The predicted molar refractivity (Wildman–Crippen MR) is 147 cm³/mol. The van der Waals surface area contributed by atoms with E-state index >= 15 is 0 Å². The van der Waals surface area contributed by atoms with Crippen molar-refractivity contribution in [3.63, 3.8) is 0 Å². The zero-order valence-corrected chi connectivity index (χ0v) is 23.1. The van der Waals surface area contributed by atoms with Gasteiger partial charge in [0.15, 0.2) is 0 Å². The number of hydrogen-bond donors (Lipinski definition) is 1. The van der Waals surface area contributed by atoms with Crippen molar-refractivity contribution in [3.8, 4) is 16.5 Å². The van der Waals surface area contributed by atoms with Gasteiger partial charge in [0.25, 0.3) is 0 Å². The topological polar surface area (TPSA) is 113 Å². The number of carbonyl (C=O) groups is 1. The van der Waals surface area contributed by atoms with Gasteiger partial charge in [0.1, 0.15) is 18.1 Å². The summed E-state index contributed by atoms with van der Waals surface area (Å²) in [5, 5.41) is 11.8. The van der Waals surface area contributed by atoms with Gasteiger partial charge >= 0.3 is 16.2 Å². The number of aryl methyl sites for hydroxylation is 1. The fourth-order valence-corrected chi connectivity index (χ4v) is 5.79. The van der Waals surface area contributed by atoms with Gasteiger partial charge in [-0.1, -0.05) is 29.8 Å². The Bertz CT molecular complexity index is 1490. The van der Waals surface area contributed by atoms with E-state index in [2.05, 4.69) is 4.98 Å². The molecule has 0 aliphatic heterocycles. The molecule has 9 nitrogen and oxygen atoms in total. The number of carboxylic acids is 1. The first-order valence-corrected chi connectivity index (χ1v) is 14.2. The molecule has 4 aromatic rings. The number of halogens is 1. The van der Waals surface area contributed by atoms with Gasteiger partial charge in [0.2, 0.25) is 5.89 Å². The molecule has 2 aromatic heterocycles. The average molecular weight is 576 g/mol. The van der Waals surface area contributed by atoms with Crippen LogP contribution in [0.1, 0.15) is 17.0 Å². The molecule has 2 heterocycles. The van der Waals surface area contributed by atoms with Crippen LogP contribution >= 0.6 is 22.9 Å². The highest BCUT2D eigenvalue weighted by molar-refractivity contribution is 7.90. The Morgan fingerprint density at radius 2 is 1.92 bits per heavy atom. The molecule has 1 N–H and O–H groups in total. The molecule has 0 saturated heterocycles. The van der Waals surface area contributed by atoms with Crippen LogP contribution in [0.5, 0.6) is 5.75 Å². The normalized spacial score (nSPS) is 11.6. The van der Waals surface area contributed by atoms with Crippen molar-refractivity contribution in [2.24, 2.45) is 0 Å². The van der Waals surface area contributed by atoms with Crippen molar-refractivity contribution in [3.05, 3.63) is 88.1 Å². The van der Waals surface area contributed by atoms with E-state index in [9.17, 15) is 18.3 Å². The SMILES string of the molecule is Cc1oc(-c2cccs2)nc1CCOc1cccc(CN(CC(=O)O)S(=O)(=O)N(C)c2ccc(Cl)cc2)c1. The Balaban J connectivity index is 1.43. The second-order valence-corrected chi connectivity index (χ2v) is 11.7. The number of anilines is 1. The van der Waals surface area contributed by atoms with Crippen molar-refractivity contribution >= 4 is 44.8 Å².